The zero-order valence-electron chi connectivity index (χ0n) is 16.5. The highest BCUT2D eigenvalue weighted by Crippen LogP contribution is 2.23. The lowest BCUT2D eigenvalue weighted by Crippen LogP contribution is -2.58. The number of fused-ring (bicyclic) bond motifs is 1. The first-order valence-corrected chi connectivity index (χ1v) is 9.81. The van der Waals surface area contributed by atoms with Crippen LogP contribution in [-0.4, -0.2) is 46.6 Å². The summed E-state index contributed by atoms with van der Waals surface area (Å²) in [7, 11) is 0. The quantitative estimate of drug-likeness (QED) is 0.726. The summed E-state index contributed by atoms with van der Waals surface area (Å²) >= 11 is 0. The summed E-state index contributed by atoms with van der Waals surface area (Å²) in [6.45, 7) is 6.01. The van der Waals surface area contributed by atoms with Gasteiger partial charge in [0, 0.05) is 36.9 Å². The van der Waals surface area contributed by atoms with Crippen LogP contribution < -0.4 is 10.2 Å². The Kier molecular flexibility index (Phi) is 5.29. The molecule has 1 aliphatic heterocycles. The smallest absolute Gasteiger partial charge is 0.322 e. The lowest BCUT2D eigenvalue weighted by Gasteiger charge is -2.43. The van der Waals surface area contributed by atoms with Crippen molar-refractivity contribution in [2.75, 3.05) is 29.9 Å². The third kappa shape index (κ3) is 4.13. The van der Waals surface area contributed by atoms with Gasteiger partial charge < -0.3 is 15.1 Å². The molecule has 7 heteroatoms. The molecule has 1 atom stereocenters. The normalized spacial score (nSPS) is 17.0. The van der Waals surface area contributed by atoms with Crippen LogP contribution in [0.1, 0.15) is 13.8 Å². The number of amides is 2. The number of carbonyl (C=O) groups excluding carboxylic acids is 1. The summed E-state index contributed by atoms with van der Waals surface area (Å²) in [6, 6.07) is 13.6. The summed E-state index contributed by atoms with van der Waals surface area (Å²) in [5.74, 6) is 0.553. The Hall–Kier alpha value is -3.22. The molecular weight excluding hydrogens is 369 g/mol. The molecule has 1 fully saturated rings. The molecule has 0 radical (unpaired) electrons. The average Bonchev–Trinajstić information content (AvgIpc) is 2.73. The first kappa shape index (κ1) is 19.1. The maximum Gasteiger partial charge on any atom is 0.322 e. The third-order valence-electron chi connectivity index (χ3n) is 5.28. The molecule has 1 aromatic heterocycles. The van der Waals surface area contributed by atoms with Crippen LogP contribution in [0.5, 0.6) is 0 Å². The Morgan fingerprint density at radius 1 is 1.17 bits per heavy atom. The van der Waals surface area contributed by atoms with E-state index < -0.39 is 0 Å². The van der Waals surface area contributed by atoms with Gasteiger partial charge >= 0.3 is 6.03 Å². The van der Waals surface area contributed by atoms with Crippen LogP contribution in [0.2, 0.25) is 0 Å². The standard InChI is InChI=1S/C22H24FN5O/c1-15(2)20-14-27(21-24-13-16-6-3-4-9-19(16)26-21)10-11-28(20)22(29)25-18-8-5-7-17(23)12-18/h3-9,12-13,15,20H,10-11,14H2,1-2H3,(H,25,29). The van der Waals surface area contributed by atoms with Crippen LogP contribution >= 0.6 is 0 Å². The van der Waals surface area contributed by atoms with Crippen molar-refractivity contribution in [1.82, 2.24) is 14.9 Å². The van der Waals surface area contributed by atoms with Crippen molar-refractivity contribution in [1.29, 1.82) is 0 Å². The van der Waals surface area contributed by atoms with Crippen LogP contribution in [0.4, 0.5) is 20.8 Å². The van der Waals surface area contributed by atoms with E-state index in [0.29, 0.717) is 31.3 Å². The summed E-state index contributed by atoms with van der Waals surface area (Å²) in [4.78, 5) is 26.0. The number of anilines is 2. The predicted octanol–water partition coefficient (Wildman–Crippen LogP) is 4.15. The van der Waals surface area contributed by atoms with Crippen LogP contribution in [0.3, 0.4) is 0 Å². The second-order valence-electron chi connectivity index (χ2n) is 7.62. The molecule has 150 valence electrons. The van der Waals surface area contributed by atoms with E-state index in [9.17, 15) is 9.18 Å². The van der Waals surface area contributed by atoms with Gasteiger partial charge in [-0.3, -0.25) is 0 Å². The fourth-order valence-corrected chi connectivity index (χ4v) is 3.69. The summed E-state index contributed by atoms with van der Waals surface area (Å²) in [5, 5.41) is 3.82. The number of aromatic nitrogens is 2. The van der Waals surface area contributed by atoms with E-state index in [2.05, 4.69) is 29.0 Å². The van der Waals surface area contributed by atoms with Gasteiger partial charge in [-0.2, -0.15) is 0 Å². The molecule has 2 heterocycles. The van der Waals surface area contributed by atoms with Gasteiger partial charge in [-0.15, -0.1) is 0 Å². The molecule has 0 bridgehead atoms. The zero-order valence-corrected chi connectivity index (χ0v) is 16.5. The van der Waals surface area contributed by atoms with Crippen LogP contribution in [0.15, 0.2) is 54.7 Å². The van der Waals surface area contributed by atoms with Crippen molar-refractivity contribution < 1.29 is 9.18 Å². The number of rotatable bonds is 3. The zero-order chi connectivity index (χ0) is 20.4. The Bertz CT molecular complexity index is 1020. The van der Waals surface area contributed by atoms with Gasteiger partial charge in [0.05, 0.1) is 11.6 Å². The van der Waals surface area contributed by atoms with Gasteiger partial charge in [-0.05, 0) is 30.2 Å². The lowest BCUT2D eigenvalue weighted by atomic mass is 10.00. The topological polar surface area (TPSA) is 61.4 Å². The fourth-order valence-electron chi connectivity index (χ4n) is 3.69. The maximum atomic E-state index is 13.4. The molecule has 6 nitrogen and oxygen atoms in total. The van der Waals surface area contributed by atoms with E-state index in [-0.39, 0.29) is 23.8 Å². The molecule has 1 N–H and O–H groups in total. The van der Waals surface area contributed by atoms with Crippen molar-refractivity contribution in [3.05, 3.63) is 60.5 Å². The monoisotopic (exact) mass is 393 g/mol. The minimum atomic E-state index is -0.374. The summed E-state index contributed by atoms with van der Waals surface area (Å²) < 4.78 is 13.4. The molecule has 4 rings (SSSR count). The lowest BCUT2D eigenvalue weighted by molar-refractivity contribution is 0.156. The number of nitrogens with zero attached hydrogens (tertiary/aromatic N) is 4. The van der Waals surface area contributed by atoms with E-state index in [1.807, 2.05) is 35.4 Å². The number of benzene rings is 2. The van der Waals surface area contributed by atoms with Gasteiger partial charge in [0.15, 0.2) is 0 Å². The summed E-state index contributed by atoms with van der Waals surface area (Å²) in [5.41, 5.74) is 1.36. The Morgan fingerprint density at radius 3 is 2.79 bits per heavy atom. The van der Waals surface area contributed by atoms with Gasteiger partial charge in [0.1, 0.15) is 5.82 Å². The maximum absolute atomic E-state index is 13.4. The van der Waals surface area contributed by atoms with Crippen molar-refractivity contribution in [2.45, 2.75) is 19.9 Å². The largest absolute Gasteiger partial charge is 0.337 e. The first-order valence-electron chi connectivity index (χ1n) is 9.81. The van der Waals surface area contributed by atoms with E-state index in [1.165, 1.54) is 12.1 Å². The van der Waals surface area contributed by atoms with E-state index in [1.54, 1.807) is 12.1 Å². The highest BCUT2D eigenvalue weighted by molar-refractivity contribution is 5.89. The highest BCUT2D eigenvalue weighted by atomic mass is 19.1. The number of para-hydroxylation sites is 1. The number of halogens is 1. The van der Waals surface area contributed by atoms with Gasteiger partial charge in [-0.25, -0.2) is 19.2 Å². The molecular formula is C22H24FN5O. The molecule has 0 aliphatic carbocycles. The van der Waals surface area contributed by atoms with Crippen LogP contribution in [0.25, 0.3) is 10.9 Å². The molecule has 0 saturated carbocycles. The number of hydrogen-bond donors (Lipinski definition) is 1. The number of nitrogens with one attached hydrogen (secondary N) is 1. The molecule has 1 unspecified atom stereocenters. The summed E-state index contributed by atoms with van der Waals surface area (Å²) in [6.07, 6.45) is 1.84. The first-order chi connectivity index (χ1) is 14.0. The highest BCUT2D eigenvalue weighted by Gasteiger charge is 2.33. The average molecular weight is 393 g/mol. The van der Waals surface area contributed by atoms with Gasteiger partial charge in [0.25, 0.3) is 0 Å². The van der Waals surface area contributed by atoms with Crippen molar-refractivity contribution >= 4 is 28.6 Å². The Labute approximate surface area is 169 Å². The van der Waals surface area contributed by atoms with Crippen molar-refractivity contribution in [3.8, 4) is 0 Å². The number of hydrogen-bond acceptors (Lipinski definition) is 4. The molecule has 29 heavy (non-hydrogen) atoms. The van der Waals surface area contributed by atoms with Gasteiger partial charge in [0.2, 0.25) is 5.95 Å². The molecule has 1 aliphatic rings. The van der Waals surface area contributed by atoms with E-state index in [4.69, 9.17) is 4.98 Å². The fraction of sp³-hybridized carbons (Fsp3) is 0.318. The molecule has 2 amide bonds. The minimum Gasteiger partial charge on any atom is -0.337 e. The van der Waals surface area contributed by atoms with Crippen molar-refractivity contribution in [3.63, 3.8) is 0 Å². The Morgan fingerprint density at radius 2 is 2.00 bits per heavy atom. The second-order valence-corrected chi connectivity index (χ2v) is 7.62. The van der Waals surface area contributed by atoms with Gasteiger partial charge in [-0.1, -0.05) is 38.1 Å². The van der Waals surface area contributed by atoms with Crippen molar-refractivity contribution in [2.24, 2.45) is 5.92 Å². The number of piperazine rings is 1. The third-order valence-corrected chi connectivity index (χ3v) is 5.28. The SMILES string of the molecule is CC(C)C1CN(c2ncc3ccccc3n2)CCN1C(=O)Nc1cccc(F)c1. The molecule has 2 aromatic carbocycles. The van der Waals surface area contributed by atoms with E-state index in [0.717, 1.165) is 10.9 Å². The minimum absolute atomic E-state index is 0.00706. The van der Waals surface area contributed by atoms with E-state index >= 15 is 0 Å². The number of carbonyl (C=O) groups is 1. The Balaban J connectivity index is 1.51. The molecule has 3 aromatic rings. The molecule has 0 spiro atoms. The predicted molar refractivity (Wildman–Crippen MR) is 113 cm³/mol. The number of urea groups is 1. The van der Waals surface area contributed by atoms with Crippen LogP contribution in [0, 0.1) is 11.7 Å². The van der Waals surface area contributed by atoms with Crippen LogP contribution in [-0.2, 0) is 0 Å². The molecule has 1 saturated heterocycles. The second kappa shape index (κ2) is 8.03.